The van der Waals surface area contributed by atoms with Gasteiger partial charge < -0.3 is 98.8 Å². The van der Waals surface area contributed by atoms with Gasteiger partial charge in [0.2, 0.25) is 0 Å². The first kappa shape index (κ1) is 99.8. The summed E-state index contributed by atoms with van der Waals surface area (Å²) in [6, 6.07) is 7.35. The highest BCUT2D eigenvalue weighted by atomic mass is 28.6. The molecule has 7 heterocycles. The summed E-state index contributed by atoms with van der Waals surface area (Å²) >= 11 is 0. The smallest absolute Gasteiger partial charge is 0.416 e. The Morgan fingerprint density at radius 2 is 0.642 bits per heavy atom. The minimum absolute atomic E-state index is 0.102. The van der Waals surface area contributed by atoms with Crippen molar-refractivity contribution in [3.63, 3.8) is 0 Å². The molecular weight excluding hydrogens is 1840 g/mol. The summed E-state index contributed by atoms with van der Waals surface area (Å²) in [6.45, 7) is 73.9. The van der Waals surface area contributed by atoms with E-state index in [1.165, 1.54) is 67.0 Å². The quantitative estimate of drug-likeness (QED) is 0.0412. The lowest BCUT2D eigenvalue weighted by Crippen LogP contribution is -2.84. The summed E-state index contributed by atoms with van der Waals surface area (Å²) in [5, 5.41) is 0. The number of hydrogen-bond acceptors (Lipinski definition) is 24. The molecule has 680 valence electrons. The van der Waals surface area contributed by atoms with Crippen LogP contribution in [0, 0.1) is 94.7 Å². The van der Waals surface area contributed by atoms with Gasteiger partial charge in [-0.3, -0.25) is 0 Å². The molecule has 16 unspecified atom stereocenters. The zero-order valence-electron chi connectivity index (χ0n) is 77.0. The van der Waals surface area contributed by atoms with Crippen LogP contribution in [0.3, 0.4) is 0 Å². The average Bonchev–Trinajstić information content (AvgIpc) is 0.975. The molecule has 6 aliphatic carbocycles. The van der Waals surface area contributed by atoms with Crippen molar-refractivity contribution in [1.29, 1.82) is 0 Å². The summed E-state index contributed by atoms with van der Waals surface area (Å²) in [5.74, 6) is 6.96. The maximum Gasteiger partial charge on any atom is 0.507 e. The van der Waals surface area contributed by atoms with Crippen LogP contribution >= 0.6 is 0 Å². The van der Waals surface area contributed by atoms with Crippen molar-refractivity contribution in [3.8, 4) is 0 Å². The summed E-state index contributed by atoms with van der Waals surface area (Å²) in [5.41, 5.74) is 8.96. The molecule has 10 fully saturated rings. The first-order valence-electron chi connectivity index (χ1n) is 45.6. The van der Waals surface area contributed by atoms with Gasteiger partial charge in [0.15, 0.2) is 34.7 Å². The molecule has 16 atom stereocenters. The first-order valence-corrected chi connectivity index (χ1v) is 83.9. The van der Waals surface area contributed by atoms with Gasteiger partial charge in [0.25, 0.3) is 10.0 Å². The average molecular weight is 2000 g/mol. The Bertz CT molecular complexity index is 3450. The fraction of sp³-hybridized carbons (Fsp3) is 0.766. The largest absolute Gasteiger partial charge is 0.507 e. The van der Waals surface area contributed by atoms with Crippen LogP contribution in [-0.4, -0.2) is 168 Å². The standard InChI is InChI=1S/C61H120O12Si10.C16H32O12Si9/c1-46(2)39-77(62-74(15,16)30-27-59-36-53-21-24-56(59)33-53)65-80(42-49(7)8)67-78(40-47(3)4,63-75(17,18)31-28-60-37-54-22-25-57(60)34-54)69-82(44-51(11)12)70-79(41-48(5)6,64-76(19,20)32-29-61-38-55-23-26-58(61)35-55)68-81(66-77,43-50(9)10)72-83(71-80,73-82)45-52(13)14;1-9-29-17-31(10-2)20-34(13-5)22-32(11-3)18-30-19-33(12-4)23-35(14-6,21-31)27-37(16-8,26-34)28-36(15-7,24-32)25-33/h21-26,46-61H,27-45H2,1-20H3;9-11,13,15-16H,1-3,5,7-8,12,14,29-30H2,4,6H3. The lowest BCUT2D eigenvalue weighted by atomic mass is 9.91. The van der Waals surface area contributed by atoms with Gasteiger partial charge in [0.1, 0.15) is 0 Å². The van der Waals surface area contributed by atoms with E-state index in [0.717, 1.165) is 37.4 Å². The van der Waals surface area contributed by atoms with E-state index in [4.69, 9.17) is 98.8 Å². The highest BCUT2D eigenvalue weighted by Gasteiger charge is 2.81. The van der Waals surface area contributed by atoms with Gasteiger partial charge in [-0.1, -0.05) is 172 Å². The SMILES string of the molecule is C=C[SiH2]O[Si]1(C=C)O[Si]2(C=C)O[Si]3(C=C)O[SiH2]O[Si]4(CC)O[Si](C=C)(O3)O[Si](C=C)(O2)O[Si](CC)(O1)O4.CC(C)C[Si]1(O[Si](C)(C)CCC2CC3C=CC2C3)O[Si]2(CC(C)C)O[Si](CC(C)C)(O[Si](C)(C)CCC3CC4C=CC3C4)O[Si]3(CC(C)C)O[Si](CC(C)C)(O[Si](C)(C)CCC4CC5C=CC4C5)O[Si](CC(C)C)(O1)O[Si](CC(C)C)(O2)O3. The van der Waals surface area contributed by atoms with Gasteiger partial charge >= 0.3 is 123 Å². The summed E-state index contributed by atoms with van der Waals surface area (Å²) in [6.07, 6.45) is 26.0. The molecular formula is C77H152O24Si19. The van der Waals surface area contributed by atoms with Crippen molar-refractivity contribution in [2.24, 2.45) is 94.7 Å². The molecule has 13 rings (SSSR count). The molecule has 0 amide bonds. The third kappa shape index (κ3) is 23.5. The Morgan fingerprint density at radius 3 is 0.917 bits per heavy atom. The maximum absolute atomic E-state index is 8.54. The van der Waals surface area contributed by atoms with Crippen LogP contribution in [0.15, 0.2) is 110 Å². The zero-order chi connectivity index (χ0) is 87.5. The number of fused-ring (bicyclic) bond motifs is 13. The molecule has 43 heteroatoms. The molecule has 0 spiro atoms. The van der Waals surface area contributed by atoms with E-state index in [-0.39, 0.29) is 47.5 Å². The van der Waals surface area contributed by atoms with E-state index in [0.29, 0.717) is 102 Å². The van der Waals surface area contributed by atoms with Gasteiger partial charge in [-0.05, 0) is 219 Å². The van der Waals surface area contributed by atoms with Crippen LogP contribution < -0.4 is 0 Å². The van der Waals surface area contributed by atoms with Gasteiger partial charge in [-0.15, -0.1) is 39.5 Å². The Hall–Kier alpha value is 0.821. The van der Waals surface area contributed by atoms with Gasteiger partial charge in [-0.2, -0.15) is 0 Å². The van der Waals surface area contributed by atoms with Crippen LogP contribution in [0.4, 0.5) is 0 Å². The number of hydrogen-bond donors (Lipinski definition) is 0. The second-order valence-electron chi connectivity index (χ2n) is 41.2. The summed E-state index contributed by atoms with van der Waals surface area (Å²) in [4.78, 5) is 0. The predicted molar refractivity (Wildman–Crippen MR) is 511 cm³/mol. The van der Waals surface area contributed by atoms with E-state index in [2.05, 4.69) is 212 Å². The summed E-state index contributed by atoms with van der Waals surface area (Å²) < 4.78 is 180. The molecule has 7 saturated heterocycles. The third-order valence-electron chi connectivity index (χ3n) is 25.0. The van der Waals surface area contributed by atoms with Crippen molar-refractivity contribution in [2.45, 2.75) is 280 Å². The third-order valence-corrected chi connectivity index (χ3v) is 104. The fourth-order valence-electron chi connectivity index (χ4n) is 20.5. The Kier molecular flexibility index (Phi) is 32.0. The summed E-state index contributed by atoms with van der Waals surface area (Å²) in [7, 11) is -67.0. The van der Waals surface area contributed by atoms with Crippen molar-refractivity contribution in [1.82, 2.24) is 0 Å². The Labute approximate surface area is 745 Å². The fourth-order valence-corrected chi connectivity index (χ4v) is 118. The van der Waals surface area contributed by atoms with Gasteiger partial charge in [-0.25, -0.2) is 0 Å². The van der Waals surface area contributed by atoms with Gasteiger partial charge in [0, 0.05) is 54.4 Å². The minimum Gasteiger partial charge on any atom is -0.416 e. The molecule has 16 bridgehead atoms. The van der Waals surface area contributed by atoms with Crippen molar-refractivity contribution < 1.29 is 98.8 Å². The van der Waals surface area contributed by atoms with E-state index in [1.807, 2.05) is 13.8 Å². The molecule has 3 saturated carbocycles. The van der Waals surface area contributed by atoms with Crippen LogP contribution in [0.1, 0.15) is 169 Å². The molecule has 7 aliphatic heterocycles. The van der Waals surface area contributed by atoms with Crippen molar-refractivity contribution in [2.75, 3.05) is 0 Å². The molecule has 0 radical (unpaired) electrons. The first-order chi connectivity index (χ1) is 56.1. The van der Waals surface area contributed by atoms with Crippen LogP contribution in [0.25, 0.3) is 0 Å². The highest BCUT2D eigenvalue weighted by Crippen LogP contribution is 2.57. The van der Waals surface area contributed by atoms with E-state index >= 15 is 0 Å². The van der Waals surface area contributed by atoms with Crippen molar-refractivity contribution >= 4 is 168 Å². The number of rotatable bonds is 39. The van der Waals surface area contributed by atoms with E-state index < -0.39 is 168 Å². The van der Waals surface area contributed by atoms with Crippen LogP contribution in [0.5, 0.6) is 0 Å². The predicted octanol–water partition coefficient (Wildman–Crippen LogP) is 18.5. The molecule has 0 aromatic rings. The minimum atomic E-state index is -4.17. The topological polar surface area (TPSA) is 222 Å². The Balaban J connectivity index is 0.000000296. The maximum atomic E-state index is 8.54. The molecule has 0 N–H and O–H groups in total. The normalized spacial score (nSPS) is 42.8. The lowest BCUT2D eigenvalue weighted by molar-refractivity contribution is 0.00478. The second kappa shape index (κ2) is 38.4. The molecule has 13 aliphatic rings. The van der Waals surface area contributed by atoms with Crippen LogP contribution in [-0.2, 0) is 98.8 Å². The van der Waals surface area contributed by atoms with Crippen molar-refractivity contribution in [3.05, 3.63) is 110 Å². The zero-order valence-corrected chi connectivity index (χ0v) is 96.8. The molecule has 24 nitrogen and oxygen atoms in total. The van der Waals surface area contributed by atoms with E-state index in [1.54, 1.807) is 5.70 Å². The number of allylic oxidation sites excluding steroid dienone is 6. The molecule has 0 aromatic carbocycles. The molecule has 120 heavy (non-hydrogen) atoms. The molecule has 0 aromatic heterocycles. The van der Waals surface area contributed by atoms with Crippen LogP contribution in [0.2, 0.25) is 112 Å². The lowest BCUT2D eigenvalue weighted by Gasteiger charge is -2.60. The monoisotopic (exact) mass is 1990 g/mol. The highest BCUT2D eigenvalue weighted by molar-refractivity contribution is 7.04. The van der Waals surface area contributed by atoms with E-state index in [9.17, 15) is 0 Å². The van der Waals surface area contributed by atoms with Gasteiger partial charge in [0.05, 0.1) is 0 Å². The second-order valence-corrected chi connectivity index (χ2v) is 99.7. The Morgan fingerprint density at radius 1 is 0.342 bits per heavy atom.